The summed E-state index contributed by atoms with van der Waals surface area (Å²) in [5, 5.41) is 11.2. The largest absolute Gasteiger partial charge is 0.315 e. The van der Waals surface area contributed by atoms with E-state index in [-0.39, 0.29) is 18.3 Å². The van der Waals surface area contributed by atoms with Crippen molar-refractivity contribution in [1.29, 1.82) is 0 Å². The number of carbonyl (C=O) groups is 1. The minimum Gasteiger partial charge on any atom is -0.315 e. The lowest BCUT2D eigenvalue weighted by atomic mass is 10.1. The van der Waals surface area contributed by atoms with Crippen molar-refractivity contribution in [3.63, 3.8) is 0 Å². The third-order valence-corrected chi connectivity index (χ3v) is 4.67. The zero-order chi connectivity index (χ0) is 14.7. The summed E-state index contributed by atoms with van der Waals surface area (Å²) in [5.74, 6) is -0.200. The molecule has 6 nitrogen and oxygen atoms in total. The highest BCUT2D eigenvalue weighted by Gasteiger charge is 2.18. The van der Waals surface area contributed by atoms with Crippen LogP contribution in [0.4, 0.5) is 5.13 Å². The molecule has 0 aromatic carbocycles. The van der Waals surface area contributed by atoms with E-state index in [1.54, 1.807) is 12.3 Å². The van der Waals surface area contributed by atoms with Crippen molar-refractivity contribution in [2.24, 2.45) is 0 Å². The van der Waals surface area contributed by atoms with Gasteiger partial charge in [-0.1, -0.05) is 6.92 Å². The van der Waals surface area contributed by atoms with Gasteiger partial charge in [0.2, 0.25) is 0 Å². The topological polar surface area (TPSA) is 71.8 Å². The van der Waals surface area contributed by atoms with E-state index in [0.717, 1.165) is 37.2 Å². The van der Waals surface area contributed by atoms with Crippen molar-refractivity contribution in [2.75, 3.05) is 18.4 Å². The molecule has 0 radical (unpaired) electrons. The molecule has 0 saturated carbocycles. The molecule has 2 aromatic heterocycles. The minimum absolute atomic E-state index is 0. The Kier molecular flexibility index (Phi) is 5.93. The predicted molar refractivity (Wildman–Crippen MR) is 90.1 cm³/mol. The second-order valence-electron chi connectivity index (χ2n) is 5.12. The van der Waals surface area contributed by atoms with Gasteiger partial charge in [-0.15, -0.1) is 23.7 Å². The SMILES string of the molecule is CCc1cnc(NC(=O)c2ccn(C3CCCNC3)n2)s1.Cl. The van der Waals surface area contributed by atoms with Crippen LogP contribution in [0.1, 0.15) is 41.2 Å². The van der Waals surface area contributed by atoms with Gasteiger partial charge in [0, 0.05) is 23.8 Å². The van der Waals surface area contributed by atoms with Crippen molar-refractivity contribution in [3.8, 4) is 0 Å². The first-order chi connectivity index (χ1) is 10.3. The number of aromatic nitrogens is 3. The summed E-state index contributed by atoms with van der Waals surface area (Å²) in [6.07, 6.45) is 6.85. The third kappa shape index (κ3) is 3.85. The predicted octanol–water partition coefficient (Wildman–Crippen LogP) is 2.50. The zero-order valence-electron chi connectivity index (χ0n) is 12.4. The van der Waals surface area contributed by atoms with Gasteiger partial charge >= 0.3 is 0 Å². The summed E-state index contributed by atoms with van der Waals surface area (Å²) in [4.78, 5) is 17.5. The Morgan fingerprint density at radius 2 is 2.45 bits per heavy atom. The number of carbonyl (C=O) groups excluding carboxylic acids is 1. The third-order valence-electron chi connectivity index (χ3n) is 3.61. The van der Waals surface area contributed by atoms with Gasteiger partial charge in [-0.2, -0.15) is 5.10 Å². The monoisotopic (exact) mass is 341 g/mol. The first kappa shape index (κ1) is 16.9. The molecule has 1 unspecified atom stereocenters. The van der Waals surface area contributed by atoms with Crippen LogP contribution >= 0.6 is 23.7 Å². The van der Waals surface area contributed by atoms with Gasteiger partial charge in [0.25, 0.3) is 5.91 Å². The maximum atomic E-state index is 12.2. The number of anilines is 1. The van der Waals surface area contributed by atoms with E-state index in [4.69, 9.17) is 0 Å². The fraction of sp³-hybridized carbons (Fsp3) is 0.500. The van der Waals surface area contributed by atoms with Crippen molar-refractivity contribution in [1.82, 2.24) is 20.1 Å². The fourth-order valence-corrected chi connectivity index (χ4v) is 3.16. The smallest absolute Gasteiger partial charge is 0.277 e. The van der Waals surface area contributed by atoms with E-state index in [1.165, 1.54) is 11.3 Å². The average molecular weight is 342 g/mol. The molecule has 2 aromatic rings. The van der Waals surface area contributed by atoms with Crippen LogP contribution in [-0.2, 0) is 6.42 Å². The highest BCUT2D eigenvalue weighted by atomic mass is 35.5. The maximum Gasteiger partial charge on any atom is 0.277 e. The molecule has 0 aliphatic carbocycles. The van der Waals surface area contributed by atoms with E-state index < -0.39 is 0 Å². The normalized spacial score (nSPS) is 17.8. The van der Waals surface area contributed by atoms with Crippen LogP contribution in [-0.4, -0.2) is 33.8 Å². The number of hydrogen-bond donors (Lipinski definition) is 2. The quantitative estimate of drug-likeness (QED) is 0.896. The summed E-state index contributed by atoms with van der Waals surface area (Å²) < 4.78 is 1.89. The molecule has 1 fully saturated rings. The number of halogens is 1. The number of nitrogens with one attached hydrogen (secondary N) is 2. The Hall–Kier alpha value is -1.44. The van der Waals surface area contributed by atoms with Crippen LogP contribution in [0.15, 0.2) is 18.5 Å². The van der Waals surface area contributed by atoms with E-state index in [2.05, 4.69) is 27.6 Å². The standard InChI is InChI=1S/C14H19N5OS.ClH/c1-2-11-9-16-14(21-11)17-13(20)12-5-7-19(18-12)10-4-3-6-15-8-10;/h5,7,9-10,15H,2-4,6,8H2,1H3,(H,16,17,20);1H. The molecule has 22 heavy (non-hydrogen) atoms. The van der Waals surface area contributed by atoms with E-state index in [1.807, 2.05) is 10.9 Å². The zero-order valence-corrected chi connectivity index (χ0v) is 14.0. The average Bonchev–Trinajstić information content (AvgIpc) is 3.17. The van der Waals surface area contributed by atoms with Crippen LogP contribution in [0.3, 0.4) is 0 Å². The first-order valence-corrected chi connectivity index (χ1v) is 8.10. The molecule has 3 rings (SSSR count). The first-order valence-electron chi connectivity index (χ1n) is 7.28. The number of thiazole rings is 1. The summed E-state index contributed by atoms with van der Waals surface area (Å²) >= 11 is 1.50. The van der Waals surface area contributed by atoms with Gasteiger partial charge in [-0.3, -0.25) is 14.8 Å². The van der Waals surface area contributed by atoms with E-state index >= 15 is 0 Å². The molecule has 3 heterocycles. The Labute approximate surface area is 139 Å². The molecule has 2 N–H and O–H groups in total. The van der Waals surface area contributed by atoms with Crippen molar-refractivity contribution >= 4 is 34.8 Å². The highest BCUT2D eigenvalue weighted by Crippen LogP contribution is 2.19. The van der Waals surface area contributed by atoms with Gasteiger partial charge in [0.1, 0.15) is 0 Å². The van der Waals surface area contributed by atoms with Gasteiger partial charge in [0.15, 0.2) is 10.8 Å². The lowest BCUT2D eigenvalue weighted by molar-refractivity contribution is 0.102. The molecule has 1 aliphatic heterocycles. The highest BCUT2D eigenvalue weighted by molar-refractivity contribution is 7.15. The van der Waals surface area contributed by atoms with Crippen molar-refractivity contribution in [3.05, 3.63) is 29.0 Å². The van der Waals surface area contributed by atoms with Crippen LogP contribution in [0.5, 0.6) is 0 Å². The summed E-state index contributed by atoms with van der Waals surface area (Å²) in [7, 11) is 0. The minimum atomic E-state index is -0.200. The number of amides is 1. The summed E-state index contributed by atoms with van der Waals surface area (Å²) in [6.45, 7) is 4.04. The second kappa shape index (κ2) is 7.71. The Morgan fingerprint density at radius 1 is 1.59 bits per heavy atom. The molecule has 1 saturated heterocycles. The number of hydrogen-bond acceptors (Lipinski definition) is 5. The molecule has 0 bridgehead atoms. The molecule has 8 heteroatoms. The Bertz CT molecular complexity index is 620. The second-order valence-corrected chi connectivity index (χ2v) is 6.24. The van der Waals surface area contributed by atoms with Gasteiger partial charge in [0.05, 0.1) is 6.04 Å². The van der Waals surface area contributed by atoms with Gasteiger partial charge < -0.3 is 5.32 Å². The van der Waals surface area contributed by atoms with Crippen LogP contribution in [0.25, 0.3) is 0 Å². The lowest BCUT2D eigenvalue weighted by Crippen LogP contribution is -2.32. The molecular formula is C14H20ClN5OS. The van der Waals surface area contributed by atoms with Crippen molar-refractivity contribution in [2.45, 2.75) is 32.2 Å². The van der Waals surface area contributed by atoms with Gasteiger partial charge in [-0.05, 0) is 31.9 Å². The Balaban J connectivity index is 0.00000176. The number of aryl methyl sites for hydroxylation is 1. The molecular weight excluding hydrogens is 322 g/mol. The molecule has 1 aliphatic rings. The lowest BCUT2D eigenvalue weighted by Gasteiger charge is -2.22. The molecule has 1 atom stereocenters. The van der Waals surface area contributed by atoms with E-state index in [9.17, 15) is 4.79 Å². The van der Waals surface area contributed by atoms with Crippen LogP contribution in [0.2, 0.25) is 0 Å². The van der Waals surface area contributed by atoms with Crippen LogP contribution in [0, 0.1) is 0 Å². The van der Waals surface area contributed by atoms with Gasteiger partial charge in [-0.25, -0.2) is 4.98 Å². The summed E-state index contributed by atoms with van der Waals surface area (Å²) in [6, 6.07) is 2.10. The number of piperidine rings is 1. The Morgan fingerprint density at radius 3 is 3.14 bits per heavy atom. The summed E-state index contributed by atoms with van der Waals surface area (Å²) in [5.41, 5.74) is 0.439. The van der Waals surface area contributed by atoms with Crippen LogP contribution < -0.4 is 10.6 Å². The van der Waals surface area contributed by atoms with E-state index in [0.29, 0.717) is 16.9 Å². The molecule has 120 valence electrons. The van der Waals surface area contributed by atoms with Crippen molar-refractivity contribution < 1.29 is 4.79 Å². The number of rotatable bonds is 4. The molecule has 0 spiro atoms. The fourth-order valence-electron chi connectivity index (χ4n) is 2.41. The molecule has 1 amide bonds. The maximum absolute atomic E-state index is 12.2. The number of nitrogens with zero attached hydrogens (tertiary/aromatic N) is 3.